The van der Waals surface area contributed by atoms with Gasteiger partial charge in [0.25, 0.3) is 0 Å². The van der Waals surface area contributed by atoms with E-state index in [2.05, 4.69) is 15.6 Å². The standard InChI is InChI=1S/C19H20FN3O2S/c20-11-5-6-14-12(9-11)13(10-17(24)22-14)19(25)21-8-7-18-23-15-3-1-2-4-16(15)26-18/h5-6,9,13H,1-4,7-8,10H2,(H,21,25)(H,22,24)/t13-/m1/s1. The maximum absolute atomic E-state index is 13.6. The van der Waals surface area contributed by atoms with Crippen molar-refractivity contribution < 1.29 is 14.0 Å². The van der Waals surface area contributed by atoms with Crippen molar-refractivity contribution >= 4 is 28.8 Å². The van der Waals surface area contributed by atoms with Crippen molar-refractivity contribution in [3.05, 3.63) is 45.2 Å². The lowest BCUT2D eigenvalue weighted by Crippen LogP contribution is -2.36. The molecule has 0 bridgehead atoms. The number of carbonyl (C=O) groups excluding carboxylic acids is 2. The summed E-state index contributed by atoms with van der Waals surface area (Å²) in [6.07, 6.45) is 5.31. The molecule has 0 radical (unpaired) electrons. The van der Waals surface area contributed by atoms with E-state index >= 15 is 0 Å². The molecule has 1 aliphatic heterocycles. The predicted octanol–water partition coefficient (Wildman–Crippen LogP) is 2.95. The lowest BCUT2D eigenvalue weighted by atomic mass is 9.89. The van der Waals surface area contributed by atoms with Crippen LogP contribution >= 0.6 is 11.3 Å². The third-order valence-corrected chi connectivity index (χ3v) is 6.11. The van der Waals surface area contributed by atoms with Crippen molar-refractivity contribution in [3.63, 3.8) is 0 Å². The molecule has 1 atom stereocenters. The molecule has 1 aromatic heterocycles. The van der Waals surface area contributed by atoms with Gasteiger partial charge in [-0.3, -0.25) is 9.59 Å². The van der Waals surface area contributed by atoms with E-state index in [0.717, 1.165) is 17.8 Å². The molecule has 5 nitrogen and oxygen atoms in total. The highest BCUT2D eigenvalue weighted by Gasteiger charge is 2.30. The summed E-state index contributed by atoms with van der Waals surface area (Å²) in [7, 11) is 0. The number of thiazole rings is 1. The summed E-state index contributed by atoms with van der Waals surface area (Å²) in [5.74, 6) is -1.53. The van der Waals surface area contributed by atoms with Crippen molar-refractivity contribution in [1.29, 1.82) is 0 Å². The summed E-state index contributed by atoms with van der Waals surface area (Å²) >= 11 is 1.74. The zero-order chi connectivity index (χ0) is 18.1. The Hall–Kier alpha value is -2.28. The number of nitrogens with zero attached hydrogens (tertiary/aromatic N) is 1. The van der Waals surface area contributed by atoms with Gasteiger partial charge < -0.3 is 10.6 Å². The van der Waals surface area contributed by atoms with Crippen LogP contribution < -0.4 is 10.6 Å². The number of hydrogen-bond donors (Lipinski definition) is 2. The molecular formula is C19H20FN3O2S. The Balaban J connectivity index is 1.40. The highest BCUT2D eigenvalue weighted by atomic mass is 32.1. The molecule has 2 aromatic rings. The first-order valence-electron chi connectivity index (χ1n) is 8.94. The first kappa shape index (κ1) is 17.1. The van der Waals surface area contributed by atoms with Crippen LogP contribution in [-0.4, -0.2) is 23.3 Å². The Kier molecular flexibility index (Phi) is 4.72. The number of carbonyl (C=O) groups is 2. The van der Waals surface area contributed by atoms with Crippen LogP contribution in [0.4, 0.5) is 10.1 Å². The van der Waals surface area contributed by atoms with Crippen LogP contribution in [-0.2, 0) is 28.9 Å². The van der Waals surface area contributed by atoms with Crippen molar-refractivity contribution in [2.45, 2.75) is 44.4 Å². The second-order valence-electron chi connectivity index (χ2n) is 6.76. The van der Waals surface area contributed by atoms with Gasteiger partial charge in [0.1, 0.15) is 5.82 Å². The van der Waals surface area contributed by atoms with E-state index in [0.29, 0.717) is 24.2 Å². The second kappa shape index (κ2) is 7.15. The number of fused-ring (bicyclic) bond motifs is 2. The maximum Gasteiger partial charge on any atom is 0.228 e. The molecule has 2 N–H and O–H groups in total. The Bertz CT molecular complexity index is 841. The summed E-state index contributed by atoms with van der Waals surface area (Å²) in [4.78, 5) is 30.5. The summed E-state index contributed by atoms with van der Waals surface area (Å²) in [5.41, 5.74) is 2.26. The number of hydrogen-bond acceptors (Lipinski definition) is 4. The number of halogens is 1. The average Bonchev–Trinajstić information content (AvgIpc) is 3.04. The molecule has 0 saturated heterocycles. The Morgan fingerprint density at radius 2 is 2.19 bits per heavy atom. The number of aromatic nitrogens is 1. The van der Waals surface area contributed by atoms with Crippen LogP contribution in [0, 0.1) is 5.82 Å². The average molecular weight is 373 g/mol. The van der Waals surface area contributed by atoms with E-state index in [9.17, 15) is 14.0 Å². The number of aryl methyl sites for hydroxylation is 2. The van der Waals surface area contributed by atoms with Crippen molar-refractivity contribution in [2.24, 2.45) is 0 Å². The van der Waals surface area contributed by atoms with Crippen molar-refractivity contribution in [1.82, 2.24) is 10.3 Å². The summed E-state index contributed by atoms with van der Waals surface area (Å²) < 4.78 is 13.6. The molecule has 0 unspecified atom stereocenters. The number of amides is 2. The predicted molar refractivity (Wildman–Crippen MR) is 97.9 cm³/mol. The first-order chi connectivity index (χ1) is 12.6. The van der Waals surface area contributed by atoms with Crippen LogP contribution in [0.5, 0.6) is 0 Å². The number of nitrogens with one attached hydrogen (secondary N) is 2. The minimum atomic E-state index is -0.654. The fourth-order valence-electron chi connectivity index (χ4n) is 3.59. The van der Waals surface area contributed by atoms with E-state index < -0.39 is 11.7 Å². The van der Waals surface area contributed by atoms with Crippen LogP contribution in [0.15, 0.2) is 18.2 Å². The third-order valence-electron chi connectivity index (χ3n) is 4.90. The van der Waals surface area contributed by atoms with E-state index in [4.69, 9.17) is 0 Å². The van der Waals surface area contributed by atoms with Gasteiger partial charge in [-0.15, -0.1) is 11.3 Å². The van der Waals surface area contributed by atoms with Crippen LogP contribution in [0.3, 0.4) is 0 Å². The monoisotopic (exact) mass is 373 g/mol. The molecular weight excluding hydrogens is 353 g/mol. The highest BCUT2D eigenvalue weighted by molar-refractivity contribution is 7.11. The lowest BCUT2D eigenvalue weighted by molar-refractivity contribution is -0.126. The second-order valence-corrected chi connectivity index (χ2v) is 7.93. The summed E-state index contributed by atoms with van der Waals surface area (Å²) in [5, 5.41) is 6.62. The molecule has 2 aliphatic rings. The lowest BCUT2D eigenvalue weighted by Gasteiger charge is -2.24. The number of benzene rings is 1. The highest BCUT2D eigenvalue weighted by Crippen LogP contribution is 2.33. The van der Waals surface area contributed by atoms with E-state index in [-0.39, 0.29) is 18.2 Å². The molecule has 1 aliphatic carbocycles. The van der Waals surface area contributed by atoms with Crippen LogP contribution in [0.1, 0.15) is 46.3 Å². The fraction of sp³-hybridized carbons (Fsp3) is 0.421. The van der Waals surface area contributed by atoms with E-state index in [1.165, 1.54) is 41.6 Å². The first-order valence-corrected chi connectivity index (χ1v) is 9.76. The van der Waals surface area contributed by atoms with Gasteiger partial charge in [0.05, 0.1) is 16.6 Å². The number of anilines is 1. The largest absolute Gasteiger partial charge is 0.355 e. The molecule has 26 heavy (non-hydrogen) atoms. The van der Waals surface area contributed by atoms with Crippen molar-refractivity contribution in [3.8, 4) is 0 Å². The van der Waals surface area contributed by atoms with E-state index in [1.54, 1.807) is 11.3 Å². The molecule has 2 amide bonds. The molecule has 7 heteroatoms. The topological polar surface area (TPSA) is 71.1 Å². The van der Waals surface area contributed by atoms with Gasteiger partial charge >= 0.3 is 0 Å². The van der Waals surface area contributed by atoms with Gasteiger partial charge in [-0.05, 0) is 49.4 Å². The molecule has 2 heterocycles. The van der Waals surface area contributed by atoms with Gasteiger partial charge in [-0.2, -0.15) is 0 Å². The zero-order valence-corrected chi connectivity index (χ0v) is 15.1. The molecule has 0 fully saturated rings. The molecule has 1 aromatic carbocycles. The van der Waals surface area contributed by atoms with Gasteiger partial charge in [0.15, 0.2) is 0 Å². The zero-order valence-electron chi connectivity index (χ0n) is 14.3. The van der Waals surface area contributed by atoms with Crippen molar-refractivity contribution in [2.75, 3.05) is 11.9 Å². The summed E-state index contributed by atoms with van der Waals surface area (Å²) in [6, 6.07) is 4.11. The molecule has 0 saturated carbocycles. The summed E-state index contributed by atoms with van der Waals surface area (Å²) in [6.45, 7) is 0.466. The van der Waals surface area contributed by atoms with Crippen LogP contribution in [0.25, 0.3) is 0 Å². The Labute approximate surface area is 155 Å². The normalized spacial score (nSPS) is 18.7. The Morgan fingerprint density at radius 3 is 3.04 bits per heavy atom. The number of rotatable bonds is 4. The molecule has 0 spiro atoms. The van der Waals surface area contributed by atoms with Gasteiger partial charge in [0, 0.05) is 30.0 Å². The maximum atomic E-state index is 13.6. The fourth-order valence-corrected chi connectivity index (χ4v) is 4.75. The quantitative estimate of drug-likeness (QED) is 0.866. The minimum absolute atomic E-state index is 0.0356. The third kappa shape index (κ3) is 3.49. The smallest absolute Gasteiger partial charge is 0.228 e. The Morgan fingerprint density at radius 1 is 1.35 bits per heavy atom. The van der Waals surface area contributed by atoms with E-state index in [1.807, 2.05) is 0 Å². The molecule has 4 rings (SSSR count). The van der Waals surface area contributed by atoms with Gasteiger partial charge in [-0.1, -0.05) is 0 Å². The van der Waals surface area contributed by atoms with Gasteiger partial charge in [0.2, 0.25) is 11.8 Å². The minimum Gasteiger partial charge on any atom is -0.355 e. The SMILES string of the molecule is O=C1C[C@@H](C(=O)NCCc2nc3c(s2)CCCC3)c2cc(F)ccc2N1. The van der Waals surface area contributed by atoms with Crippen LogP contribution in [0.2, 0.25) is 0 Å². The molecule has 136 valence electrons. The van der Waals surface area contributed by atoms with Gasteiger partial charge in [-0.25, -0.2) is 9.37 Å².